The monoisotopic (exact) mass is 713 g/mol. The summed E-state index contributed by atoms with van der Waals surface area (Å²) >= 11 is 4.15. The molecule has 2 aromatic carbocycles. The number of nitrogens with zero attached hydrogens (tertiary/aromatic N) is 5. The Bertz CT molecular complexity index is 1260. The fraction of sp³-hybridized carbons (Fsp3) is 0.0909. The van der Waals surface area contributed by atoms with E-state index in [1.165, 1.54) is 0 Å². The fourth-order valence-electron chi connectivity index (χ4n) is 2.82. The van der Waals surface area contributed by atoms with Gasteiger partial charge in [0.2, 0.25) is 0 Å². The molecule has 7 nitrogen and oxygen atoms in total. The van der Waals surface area contributed by atoms with Crippen LogP contribution in [0.25, 0.3) is 22.1 Å². The number of hydrogen-bond acceptors (Lipinski definition) is 5. The summed E-state index contributed by atoms with van der Waals surface area (Å²) in [7, 11) is 0. The normalized spacial score (nSPS) is 12.2. The first-order valence-electron chi connectivity index (χ1n) is 9.05. The summed E-state index contributed by atoms with van der Waals surface area (Å²) in [6.07, 6.45) is 5.82. The molecule has 1 N–H and O–H groups in total. The van der Waals surface area contributed by atoms with Gasteiger partial charge in [0.15, 0.2) is 0 Å². The van der Waals surface area contributed by atoms with Gasteiger partial charge < -0.3 is 0 Å². The summed E-state index contributed by atoms with van der Waals surface area (Å²) in [5, 5.41) is 32.4. The number of nitriles is 2. The molecule has 0 fully saturated rings. The van der Waals surface area contributed by atoms with Crippen molar-refractivity contribution in [2.75, 3.05) is 13.2 Å². The van der Waals surface area contributed by atoms with Gasteiger partial charge in [0.05, 0.1) is 0 Å². The summed E-state index contributed by atoms with van der Waals surface area (Å²) in [4.78, 5) is 2.70. The van der Waals surface area contributed by atoms with E-state index in [2.05, 4.69) is 55.2 Å². The van der Waals surface area contributed by atoms with Crippen molar-refractivity contribution in [3.8, 4) is 23.6 Å². The van der Waals surface area contributed by atoms with Crippen LogP contribution < -0.4 is 9.20 Å². The van der Waals surface area contributed by atoms with E-state index < -0.39 is 0 Å². The molecule has 1 aliphatic rings. The number of hydrogen-bond donors (Lipinski definition) is 1. The quantitative estimate of drug-likeness (QED) is 0.0858. The van der Waals surface area contributed by atoms with E-state index in [4.69, 9.17) is 10.3 Å². The topological polar surface area (TPSA) is 126 Å². The Morgan fingerprint density at radius 3 is 2.56 bits per heavy atom. The first-order chi connectivity index (χ1) is 15.5. The molecule has 0 unspecified atom stereocenters. The minimum atomic E-state index is -0.0355. The minimum absolute atomic E-state index is 0.0348. The van der Waals surface area contributed by atoms with Gasteiger partial charge in [-0.1, -0.05) is 0 Å². The molecule has 0 saturated carbocycles. The summed E-state index contributed by atoms with van der Waals surface area (Å²) in [6, 6.07) is 13.4. The number of aromatic hydroxyl groups is 1. The van der Waals surface area contributed by atoms with Crippen molar-refractivity contribution < 1.29 is 9.84 Å². The molecule has 0 atom stereocenters. The molecule has 32 heavy (non-hydrogen) atoms. The molecule has 3 rings (SSSR count). The molecule has 0 aliphatic carbocycles. The maximum atomic E-state index is 9.96. The molecule has 1 heterocycles. The van der Waals surface area contributed by atoms with Crippen LogP contribution in [0, 0.1) is 29.8 Å². The number of phenolic OH excluding ortho intramolecular Hbond substituents is 1. The number of rotatable bonds is 6. The predicted molar refractivity (Wildman–Crippen MR) is 140 cm³/mol. The summed E-state index contributed by atoms with van der Waals surface area (Å²) < 4.78 is 9.22. The Kier molecular flexibility index (Phi) is 8.62. The Labute approximate surface area is 218 Å². The predicted octanol–water partition coefficient (Wildman–Crippen LogP) is 5.03. The summed E-state index contributed by atoms with van der Waals surface area (Å²) in [5.74, 6) is 0.856. The third-order valence-corrected chi connectivity index (χ3v) is 8.13. The molecule has 0 spiro atoms. The third-order valence-electron chi connectivity index (χ3n) is 4.25. The van der Waals surface area contributed by atoms with Crippen molar-refractivity contribution in [3.63, 3.8) is 0 Å². The third kappa shape index (κ3) is 5.85. The molecule has 2 aromatic rings. The zero-order valence-corrected chi connectivity index (χ0v) is 22.3. The molecule has 0 radical (unpaired) electrons. The zero-order valence-electron chi connectivity index (χ0n) is 16.3. The van der Waals surface area contributed by atoms with E-state index in [1.807, 2.05) is 60.7 Å². The van der Waals surface area contributed by atoms with Gasteiger partial charge in [0.25, 0.3) is 0 Å². The van der Waals surface area contributed by atoms with E-state index in [9.17, 15) is 15.6 Å². The SMILES string of the molecule is N#CC(C#N)=C1C=C(/C=C/c2cc(I)c(O)c(I)c2)[Se]c2ccc(OCCN=[N+]=[N-])cc21. The molecular weight excluding hydrogens is 699 g/mol. The van der Waals surface area contributed by atoms with Crippen LogP contribution in [0.2, 0.25) is 0 Å². The average molecular weight is 712 g/mol. The van der Waals surface area contributed by atoms with Crippen molar-refractivity contribution in [2.24, 2.45) is 5.11 Å². The molecule has 10 heteroatoms. The van der Waals surface area contributed by atoms with Crippen LogP contribution >= 0.6 is 45.2 Å². The van der Waals surface area contributed by atoms with Crippen LogP contribution in [0.1, 0.15) is 11.1 Å². The van der Waals surface area contributed by atoms with Crippen molar-refractivity contribution in [1.29, 1.82) is 10.5 Å². The number of phenols is 1. The number of azide groups is 1. The second-order valence-corrected chi connectivity index (χ2v) is 11.0. The van der Waals surface area contributed by atoms with Gasteiger partial charge in [-0.25, -0.2) is 0 Å². The second-order valence-electron chi connectivity index (χ2n) is 6.29. The Hall–Kier alpha value is -2.47. The van der Waals surface area contributed by atoms with Crippen molar-refractivity contribution in [2.45, 2.75) is 0 Å². The Morgan fingerprint density at radius 2 is 1.91 bits per heavy atom. The van der Waals surface area contributed by atoms with Crippen molar-refractivity contribution >= 4 is 76.2 Å². The van der Waals surface area contributed by atoms with E-state index in [-0.39, 0.29) is 39.4 Å². The van der Waals surface area contributed by atoms with Gasteiger partial charge in [-0.2, -0.15) is 0 Å². The number of fused-ring (bicyclic) bond motifs is 1. The van der Waals surface area contributed by atoms with Crippen molar-refractivity contribution in [1.82, 2.24) is 0 Å². The standard InChI is InChI=1S/C22H13I2N5O2Se/c23-19-7-13(8-20(24)22(19)30)1-3-16-10-17(14(11-25)12-26)18-9-15(2-4-21(18)32-16)31-6-5-28-29-27/h1-4,7-10,30H,5-6H2/b3-1+. The average Bonchev–Trinajstić information content (AvgIpc) is 2.79. The van der Waals surface area contributed by atoms with E-state index >= 15 is 0 Å². The van der Waals surface area contributed by atoms with Crippen LogP contribution in [0.15, 0.2) is 57.6 Å². The van der Waals surface area contributed by atoms with Crippen LogP contribution in [0.5, 0.6) is 11.5 Å². The van der Waals surface area contributed by atoms with Crippen LogP contribution in [-0.2, 0) is 0 Å². The first kappa shape index (κ1) is 24.2. The molecule has 0 bridgehead atoms. The Balaban J connectivity index is 1.96. The number of benzene rings is 2. The van der Waals surface area contributed by atoms with Crippen molar-refractivity contribution in [3.05, 3.63) is 81.2 Å². The first-order valence-corrected chi connectivity index (χ1v) is 12.9. The summed E-state index contributed by atoms with van der Waals surface area (Å²) in [5.41, 5.74) is 10.7. The maximum absolute atomic E-state index is 9.96. The number of halogens is 2. The van der Waals surface area contributed by atoms with Crippen LogP contribution in [0.3, 0.4) is 0 Å². The van der Waals surface area contributed by atoms with Crippen LogP contribution in [0.4, 0.5) is 0 Å². The number of allylic oxidation sites excluding steroid dienone is 5. The van der Waals surface area contributed by atoms with E-state index in [1.54, 1.807) is 0 Å². The molecular formula is C22H13I2N5O2Se. The molecule has 0 aromatic heterocycles. The molecule has 158 valence electrons. The van der Waals surface area contributed by atoms with Gasteiger partial charge in [-0.3, -0.25) is 0 Å². The van der Waals surface area contributed by atoms with Gasteiger partial charge in [0, 0.05) is 0 Å². The van der Waals surface area contributed by atoms with E-state index in [0.717, 1.165) is 27.2 Å². The van der Waals surface area contributed by atoms with Gasteiger partial charge in [0.1, 0.15) is 0 Å². The zero-order chi connectivity index (χ0) is 23.1. The molecule has 1 aliphatic heterocycles. The molecule has 0 saturated heterocycles. The Morgan fingerprint density at radius 1 is 1.19 bits per heavy atom. The van der Waals surface area contributed by atoms with Gasteiger partial charge >= 0.3 is 220 Å². The number of ether oxygens (including phenoxy) is 1. The van der Waals surface area contributed by atoms with Crippen LogP contribution in [-0.4, -0.2) is 33.2 Å². The van der Waals surface area contributed by atoms with Gasteiger partial charge in [-0.05, 0) is 0 Å². The second kappa shape index (κ2) is 11.4. The van der Waals surface area contributed by atoms with Gasteiger partial charge in [-0.15, -0.1) is 0 Å². The molecule has 0 amide bonds. The van der Waals surface area contributed by atoms with E-state index in [0.29, 0.717) is 11.3 Å². The summed E-state index contributed by atoms with van der Waals surface area (Å²) in [6.45, 7) is 0.455. The fourth-order valence-corrected chi connectivity index (χ4v) is 6.69.